The molecular weight excluding hydrogens is 218 g/mol. The molecule has 66 valence electrons. The van der Waals surface area contributed by atoms with Crippen molar-refractivity contribution in [2.24, 2.45) is 5.73 Å². The highest BCUT2D eigenvalue weighted by Gasteiger charge is 2.05. The standard InChI is InChI=1S/C9H12BrNO/c10-8-3-1-2-7(6-8)9(12)4-5-11/h1-3,6,9,12H,4-5,11H2. The van der Waals surface area contributed by atoms with Crippen LogP contribution in [0.4, 0.5) is 0 Å². The van der Waals surface area contributed by atoms with E-state index in [0.717, 1.165) is 10.0 Å². The highest BCUT2D eigenvalue weighted by molar-refractivity contribution is 9.10. The van der Waals surface area contributed by atoms with E-state index in [0.29, 0.717) is 13.0 Å². The first-order valence-electron chi connectivity index (χ1n) is 3.87. The van der Waals surface area contributed by atoms with Gasteiger partial charge < -0.3 is 10.8 Å². The summed E-state index contributed by atoms with van der Waals surface area (Å²) in [6, 6.07) is 7.63. The molecule has 0 spiro atoms. The lowest BCUT2D eigenvalue weighted by Gasteiger charge is -2.09. The number of rotatable bonds is 3. The van der Waals surface area contributed by atoms with E-state index < -0.39 is 6.10 Å². The van der Waals surface area contributed by atoms with E-state index in [1.807, 2.05) is 24.3 Å². The van der Waals surface area contributed by atoms with Crippen molar-refractivity contribution in [1.29, 1.82) is 0 Å². The molecule has 0 saturated carbocycles. The van der Waals surface area contributed by atoms with Crippen LogP contribution in [-0.4, -0.2) is 11.7 Å². The first-order valence-corrected chi connectivity index (χ1v) is 4.67. The molecule has 12 heavy (non-hydrogen) atoms. The minimum absolute atomic E-state index is 0.438. The summed E-state index contributed by atoms with van der Waals surface area (Å²) < 4.78 is 0.982. The van der Waals surface area contributed by atoms with Gasteiger partial charge in [-0.15, -0.1) is 0 Å². The fourth-order valence-corrected chi connectivity index (χ4v) is 1.46. The summed E-state index contributed by atoms with van der Waals surface area (Å²) in [5, 5.41) is 9.54. The van der Waals surface area contributed by atoms with Crippen LogP contribution in [0.3, 0.4) is 0 Å². The quantitative estimate of drug-likeness (QED) is 0.832. The molecule has 0 bridgehead atoms. The van der Waals surface area contributed by atoms with E-state index in [2.05, 4.69) is 15.9 Å². The van der Waals surface area contributed by atoms with Crippen LogP contribution in [-0.2, 0) is 0 Å². The predicted molar refractivity (Wildman–Crippen MR) is 52.8 cm³/mol. The molecule has 0 aliphatic heterocycles. The third-order valence-electron chi connectivity index (χ3n) is 1.67. The fraction of sp³-hybridized carbons (Fsp3) is 0.333. The third-order valence-corrected chi connectivity index (χ3v) is 2.17. The van der Waals surface area contributed by atoms with Crippen LogP contribution >= 0.6 is 15.9 Å². The van der Waals surface area contributed by atoms with Crippen LogP contribution in [0.15, 0.2) is 28.7 Å². The van der Waals surface area contributed by atoms with Crippen molar-refractivity contribution in [1.82, 2.24) is 0 Å². The zero-order chi connectivity index (χ0) is 8.97. The van der Waals surface area contributed by atoms with E-state index in [9.17, 15) is 5.11 Å². The summed E-state index contributed by atoms with van der Waals surface area (Å²) in [6.07, 6.45) is 0.170. The Kier molecular flexibility index (Phi) is 3.72. The summed E-state index contributed by atoms with van der Waals surface area (Å²) in [6.45, 7) is 0.508. The second kappa shape index (κ2) is 4.60. The van der Waals surface area contributed by atoms with E-state index in [1.165, 1.54) is 0 Å². The second-order valence-electron chi connectivity index (χ2n) is 2.65. The van der Waals surface area contributed by atoms with Gasteiger partial charge in [0.25, 0.3) is 0 Å². The van der Waals surface area contributed by atoms with Crippen molar-refractivity contribution in [3.63, 3.8) is 0 Å². The van der Waals surface area contributed by atoms with E-state index in [1.54, 1.807) is 0 Å². The molecule has 1 rings (SSSR count). The number of aliphatic hydroxyl groups excluding tert-OH is 1. The number of hydrogen-bond acceptors (Lipinski definition) is 2. The smallest absolute Gasteiger partial charge is 0.0802 e. The van der Waals surface area contributed by atoms with Crippen molar-refractivity contribution in [2.45, 2.75) is 12.5 Å². The van der Waals surface area contributed by atoms with Gasteiger partial charge in [-0.25, -0.2) is 0 Å². The van der Waals surface area contributed by atoms with Gasteiger partial charge in [0.2, 0.25) is 0 Å². The first-order chi connectivity index (χ1) is 5.74. The zero-order valence-electron chi connectivity index (χ0n) is 6.70. The molecule has 0 radical (unpaired) electrons. The zero-order valence-corrected chi connectivity index (χ0v) is 8.29. The number of aliphatic hydroxyl groups is 1. The number of halogens is 1. The van der Waals surface area contributed by atoms with Gasteiger partial charge in [-0.05, 0) is 30.7 Å². The number of hydrogen-bond donors (Lipinski definition) is 2. The highest BCUT2D eigenvalue weighted by atomic mass is 79.9. The summed E-state index contributed by atoms with van der Waals surface area (Å²) in [4.78, 5) is 0. The molecule has 0 saturated heterocycles. The molecule has 2 nitrogen and oxygen atoms in total. The molecule has 1 aromatic carbocycles. The summed E-state index contributed by atoms with van der Waals surface area (Å²) in [5.41, 5.74) is 6.24. The Balaban J connectivity index is 2.73. The molecule has 0 heterocycles. The van der Waals surface area contributed by atoms with Crippen LogP contribution in [0.25, 0.3) is 0 Å². The second-order valence-corrected chi connectivity index (χ2v) is 3.56. The molecule has 0 aliphatic rings. The van der Waals surface area contributed by atoms with E-state index in [4.69, 9.17) is 5.73 Å². The Bertz CT molecular complexity index is 252. The highest BCUT2D eigenvalue weighted by Crippen LogP contribution is 2.19. The van der Waals surface area contributed by atoms with Gasteiger partial charge in [-0.2, -0.15) is 0 Å². The maximum absolute atomic E-state index is 9.54. The summed E-state index contributed by atoms with van der Waals surface area (Å²) >= 11 is 3.34. The lowest BCUT2D eigenvalue weighted by Crippen LogP contribution is -2.06. The van der Waals surface area contributed by atoms with Crippen LogP contribution < -0.4 is 5.73 Å². The van der Waals surface area contributed by atoms with Crippen molar-refractivity contribution in [3.05, 3.63) is 34.3 Å². The van der Waals surface area contributed by atoms with Gasteiger partial charge in [0.15, 0.2) is 0 Å². The average Bonchev–Trinajstić information content (AvgIpc) is 2.05. The van der Waals surface area contributed by atoms with Gasteiger partial charge in [0, 0.05) is 4.47 Å². The van der Waals surface area contributed by atoms with Gasteiger partial charge in [0.1, 0.15) is 0 Å². The summed E-state index contributed by atoms with van der Waals surface area (Å²) in [5.74, 6) is 0. The SMILES string of the molecule is NCCC(O)c1cccc(Br)c1. The van der Waals surface area contributed by atoms with Crippen LogP contribution in [0.5, 0.6) is 0 Å². The average molecular weight is 230 g/mol. The Morgan fingerprint density at radius 3 is 2.83 bits per heavy atom. The van der Waals surface area contributed by atoms with E-state index in [-0.39, 0.29) is 0 Å². The molecule has 0 fully saturated rings. The topological polar surface area (TPSA) is 46.2 Å². The van der Waals surface area contributed by atoms with Crippen molar-refractivity contribution < 1.29 is 5.11 Å². The Hall–Kier alpha value is -0.380. The minimum atomic E-state index is -0.438. The Morgan fingerprint density at radius 2 is 2.25 bits per heavy atom. The van der Waals surface area contributed by atoms with Gasteiger partial charge >= 0.3 is 0 Å². The van der Waals surface area contributed by atoms with Crippen molar-refractivity contribution in [3.8, 4) is 0 Å². The van der Waals surface area contributed by atoms with Gasteiger partial charge in [-0.3, -0.25) is 0 Å². The van der Waals surface area contributed by atoms with E-state index >= 15 is 0 Å². The Labute approximate surface area is 80.5 Å². The number of nitrogens with two attached hydrogens (primary N) is 1. The van der Waals surface area contributed by atoms with Gasteiger partial charge in [0.05, 0.1) is 6.10 Å². The maximum atomic E-state index is 9.54. The lowest BCUT2D eigenvalue weighted by molar-refractivity contribution is 0.170. The molecule has 1 atom stereocenters. The molecular formula is C9H12BrNO. The molecule has 1 unspecified atom stereocenters. The Morgan fingerprint density at radius 1 is 1.50 bits per heavy atom. The summed E-state index contributed by atoms with van der Waals surface area (Å²) in [7, 11) is 0. The molecule has 0 amide bonds. The predicted octanol–water partition coefficient (Wildman–Crippen LogP) is 1.83. The maximum Gasteiger partial charge on any atom is 0.0802 e. The monoisotopic (exact) mass is 229 g/mol. The van der Waals surface area contributed by atoms with Crippen LogP contribution in [0, 0.1) is 0 Å². The minimum Gasteiger partial charge on any atom is -0.388 e. The largest absolute Gasteiger partial charge is 0.388 e. The fourth-order valence-electron chi connectivity index (χ4n) is 1.04. The molecule has 0 aliphatic carbocycles. The van der Waals surface area contributed by atoms with Crippen molar-refractivity contribution >= 4 is 15.9 Å². The molecule has 0 aromatic heterocycles. The molecule has 3 N–H and O–H groups in total. The first kappa shape index (κ1) is 9.71. The van der Waals surface area contributed by atoms with Crippen LogP contribution in [0.2, 0.25) is 0 Å². The van der Waals surface area contributed by atoms with Gasteiger partial charge in [-0.1, -0.05) is 28.1 Å². The lowest BCUT2D eigenvalue weighted by atomic mass is 10.1. The third kappa shape index (κ3) is 2.59. The van der Waals surface area contributed by atoms with Crippen LogP contribution in [0.1, 0.15) is 18.1 Å². The van der Waals surface area contributed by atoms with Crippen molar-refractivity contribution in [2.75, 3.05) is 6.54 Å². The molecule has 3 heteroatoms. The molecule has 1 aromatic rings. The number of benzene rings is 1. The normalized spacial score (nSPS) is 12.9.